The molecule has 1 atom stereocenters. The maximum atomic E-state index is 6.11. The van der Waals surface area contributed by atoms with E-state index in [4.69, 9.17) is 16.6 Å². The van der Waals surface area contributed by atoms with Gasteiger partial charge in [-0.1, -0.05) is 36.2 Å². The molecule has 1 unspecified atom stereocenters. The van der Waals surface area contributed by atoms with Gasteiger partial charge in [-0.3, -0.25) is 9.98 Å². The normalized spacial score (nSPS) is 21.2. The molecule has 0 aromatic heterocycles. The van der Waals surface area contributed by atoms with Crippen LogP contribution in [0.25, 0.3) is 0 Å². The molecule has 1 aromatic rings. The highest BCUT2D eigenvalue weighted by Gasteiger charge is 2.28. The molecule has 2 aliphatic rings. The van der Waals surface area contributed by atoms with Gasteiger partial charge in [0.1, 0.15) is 0 Å². The topological polar surface area (TPSA) is 24.7 Å². The quantitative estimate of drug-likeness (QED) is 0.520. The molecule has 0 N–H and O–H groups in total. The minimum Gasteiger partial charge on any atom is -0.278 e. The Hall–Kier alpha value is -2.15. The second-order valence-electron chi connectivity index (χ2n) is 7.20. The van der Waals surface area contributed by atoms with Crippen LogP contribution in [-0.4, -0.2) is 18.0 Å². The summed E-state index contributed by atoms with van der Waals surface area (Å²) in [5.41, 5.74) is 13.1. The van der Waals surface area contributed by atoms with Crippen molar-refractivity contribution in [2.24, 2.45) is 15.9 Å². The van der Waals surface area contributed by atoms with Gasteiger partial charge in [0.2, 0.25) is 0 Å². The van der Waals surface area contributed by atoms with Gasteiger partial charge >= 0.3 is 0 Å². The summed E-state index contributed by atoms with van der Waals surface area (Å²) in [6.45, 7) is 11.4. The summed E-state index contributed by atoms with van der Waals surface area (Å²) in [7, 11) is 0. The molecule has 3 heteroatoms. The molecule has 134 valence electrons. The minimum absolute atomic E-state index is 0.305. The summed E-state index contributed by atoms with van der Waals surface area (Å²) in [6, 6.07) is 7.99. The van der Waals surface area contributed by atoms with Crippen molar-refractivity contribution in [2.45, 2.75) is 41.0 Å². The fraction of sp³-hybridized carbons (Fsp3) is 0.348. The Balaban J connectivity index is 2.26. The van der Waals surface area contributed by atoms with Crippen LogP contribution >= 0.6 is 11.6 Å². The number of nitrogens with zero attached hydrogens (tertiary/aromatic N) is 2. The summed E-state index contributed by atoms with van der Waals surface area (Å²) in [4.78, 5) is 9.47. The van der Waals surface area contributed by atoms with Crippen LogP contribution in [0.5, 0.6) is 0 Å². The number of benzene rings is 1. The van der Waals surface area contributed by atoms with E-state index in [0.717, 1.165) is 28.4 Å². The predicted octanol–water partition coefficient (Wildman–Crippen LogP) is 6.34. The number of rotatable bonds is 1. The predicted molar refractivity (Wildman–Crippen MR) is 112 cm³/mol. The average Bonchev–Trinajstić information content (AvgIpc) is 2.90. The van der Waals surface area contributed by atoms with Gasteiger partial charge in [-0.25, -0.2) is 0 Å². The van der Waals surface area contributed by atoms with Gasteiger partial charge in [0.15, 0.2) is 0 Å². The second kappa shape index (κ2) is 7.61. The molecule has 0 radical (unpaired) electrons. The van der Waals surface area contributed by atoms with Crippen molar-refractivity contribution in [3.05, 3.63) is 74.6 Å². The Morgan fingerprint density at radius 1 is 1.08 bits per heavy atom. The average molecular weight is 365 g/mol. The standard InChI is InChI=1S/C23H25ClN2/c1-14-10-11-25-16(3)13-26-23(19-6-8-20(24)9-7-19)22-18(5)15(2)12-21(22)17(14)4/h6-9,11,17H,12-13H2,1-5H3. The molecular formula is C23H25ClN2. The van der Waals surface area contributed by atoms with E-state index in [9.17, 15) is 0 Å². The lowest BCUT2D eigenvalue weighted by Crippen LogP contribution is -2.13. The molecule has 0 amide bonds. The zero-order valence-electron chi connectivity index (χ0n) is 16.2. The van der Waals surface area contributed by atoms with Gasteiger partial charge in [0.05, 0.1) is 18.5 Å². The molecule has 1 aromatic carbocycles. The van der Waals surface area contributed by atoms with Crippen LogP contribution in [0, 0.1) is 5.92 Å². The van der Waals surface area contributed by atoms with Crippen LogP contribution in [-0.2, 0) is 0 Å². The Kier molecular flexibility index (Phi) is 5.46. The molecule has 2 nitrogen and oxygen atoms in total. The molecule has 1 aliphatic carbocycles. The zero-order valence-corrected chi connectivity index (χ0v) is 16.9. The van der Waals surface area contributed by atoms with Gasteiger partial charge < -0.3 is 0 Å². The molecule has 0 saturated carbocycles. The highest BCUT2D eigenvalue weighted by molar-refractivity contribution is 6.30. The summed E-state index contributed by atoms with van der Waals surface area (Å²) in [5, 5.41) is 0.740. The van der Waals surface area contributed by atoms with E-state index >= 15 is 0 Å². The van der Waals surface area contributed by atoms with Gasteiger partial charge in [-0.05, 0) is 63.0 Å². The molecule has 0 saturated heterocycles. The first-order chi connectivity index (χ1) is 12.4. The summed E-state index contributed by atoms with van der Waals surface area (Å²) in [6.07, 6.45) is 2.78. The third-order valence-electron chi connectivity index (χ3n) is 5.36. The van der Waals surface area contributed by atoms with E-state index in [-0.39, 0.29) is 0 Å². The molecule has 1 heterocycles. The van der Waals surface area contributed by atoms with Gasteiger partial charge in [0.25, 0.3) is 0 Å². The molecular weight excluding hydrogens is 340 g/mol. The van der Waals surface area contributed by atoms with Crippen LogP contribution in [0.2, 0.25) is 5.02 Å². The van der Waals surface area contributed by atoms with Crippen LogP contribution in [0.1, 0.15) is 46.6 Å². The lowest BCUT2D eigenvalue weighted by molar-refractivity contribution is 0.774. The first-order valence-corrected chi connectivity index (χ1v) is 9.41. The Morgan fingerprint density at radius 2 is 1.77 bits per heavy atom. The van der Waals surface area contributed by atoms with Crippen molar-refractivity contribution in [1.82, 2.24) is 0 Å². The smallest absolute Gasteiger partial charge is 0.0777 e. The summed E-state index contributed by atoms with van der Waals surface area (Å²) in [5.74, 6) is 0.305. The highest BCUT2D eigenvalue weighted by atomic mass is 35.5. The zero-order chi connectivity index (χ0) is 18.8. The summed E-state index contributed by atoms with van der Waals surface area (Å²) >= 11 is 6.11. The van der Waals surface area contributed by atoms with Crippen molar-refractivity contribution in [3.8, 4) is 0 Å². The van der Waals surface area contributed by atoms with E-state index in [1.165, 1.54) is 27.9 Å². The number of allylic oxidation sites excluding steroid dienone is 5. The fourth-order valence-corrected chi connectivity index (χ4v) is 3.57. The van der Waals surface area contributed by atoms with Crippen LogP contribution in [0.4, 0.5) is 0 Å². The maximum absolute atomic E-state index is 6.11. The number of aliphatic imine (C=N–C) groups is 2. The first-order valence-electron chi connectivity index (χ1n) is 9.04. The monoisotopic (exact) mass is 364 g/mol. The Labute approximate surface area is 161 Å². The summed E-state index contributed by atoms with van der Waals surface area (Å²) < 4.78 is 0. The van der Waals surface area contributed by atoms with E-state index in [1.807, 2.05) is 19.1 Å². The largest absolute Gasteiger partial charge is 0.278 e. The molecule has 0 bridgehead atoms. The number of hydrogen-bond donors (Lipinski definition) is 0. The molecule has 1 aliphatic heterocycles. The molecule has 0 spiro atoms. The minimum atomic E-state index is 0.305. The highest BCUT2D eigenvalue weighted by Crippen LogP contribution is 2.40. The SMILES string of the molecule is CC1=C=CN=C(C)CN=C(c2ccc(Cl)cc2)C2=C(CC(C)=C2C)C1C. The van der Waals surface area contributed by atoms with Crippen molar-refractivity contribution in [2.75, 3.05) is 6.54 Å². The second-order valence-corrected chi connectivity index (χ2v) is 7.63. The van der Waals surface area contributed by atoms with Crippen LogP contribution < -0.4 is 0 Å². The lowest BCUT2D eigenvalue weighted by atomic mass is 9.86. The van der Waals surface area contributed by atoms with E-state index in [0.29, 0.717) is 12.5 Å². The third-order valence-corrected chi connectivity index (χ3v) is 5.61. The first kappa shape index (κ1) is 18.6. The number of halogens is 1. The van der Waals surface area contributed by atoms with Crippen molar-refractivity contribution in [3.63, 3.8) is 0 Å². The van der Waals surface area contributed by atoms with Gasteiger partial charge in [-0.15, -0.1) is 5.73 Å². The molecule has 3 rings (SSSR count). The Bertz CT molecular complexity index is 917. The van der Waals surface area contributed by atoms with Crippen molar-refractivity contribution < 1.29 is 0 Å². The van der Waals surface area contributed by atoms with Crippen LogP contribution in [0.3, 0.4) is 0 Å². The van der Waals surface area contributed by atoms with E-state index in [1.54, 1.807) is 6.20 Å². The maximum Gasteiger partial charge on any atom is 0.0777 e. The van der Waals surface area contributed by atoms with Crippen LogP contribution in [0.15, 0.2) is 74.0 Å². The number of hydrogen-bond acceptors (Lipinski definition) is 2. The van der Waals surface area contributed by atoms with E-state index < -0.39 is 0 Å². The lowest BCUT2D eigenvalue weighted by Gasteiger charge is -2.18. The van der Waals surface area contributed by atoms with Gasteiger partial charge in [0, 0.05) is 27.8 Å². The third kappa shape index (κ3) is 3.67. The molecule has 0 fully saturated rings. The fourth-order valence-electron chi connectivity index (χ4n) is 3.45. The van der Waals surface area contributed by atoms with Crippen molar-refractivity contribution >= 4 is 23.0 Å². The van der Waals surface area contributed by atoms with Gasteiger partial charge in [-0.2, -0.15) is 0 Å². The van der Waals surface area contributed by atoms with Crippen molar-refractivity contribution in [1.29, 1.82) is 0 Å². The van der Waals surface area contributed by atoms with E-state index in [2.05, 4.69) is 50.6 Å². The molecule has 26 heavy (non-hydrogen) atoms. The Morgan fingerprint density at radius 3 is 2.46 bits per heavy atom.